The molecule has 0 heterocycles. The molecular formula is C4H9N2O4P. The molecule has 0 aromatic heterocycles. The van der Waals surface area contributed by atoms with Gasteiger partial charge in [0.1, 0.15) is 0 Å². The van der Waals surface area contributed by atoms with Crippen LogP contribution in [0.3, 0.4) is 0 Å². The van der Waals surface area contributed by atoms with Gasteiger partial charge in [-0.15, -0.1) is 0 Å². The summed E-state index contributed by atoms with van der Waals surface area (Å²) in [7, 11) is -3.11. The summed E-state index contributed by atoms with van der Waals surface area (Å²) in [6, 6.07) is 0. The first-order valence-corrected chi connectivity index (χ1v) is 4.32. The van der Waals surface area contributed by atoms with Crippen LogP contribution in [0.1, 0.15) is 6.92 Å². The number of aliphatic hydroxyl groups excluding tert-OH is 1. The van der Waals surface area contributed by atoms with E-state index in [9.17, 15) is 4.57 Å². The fraction of sp³-hybridized carbons (Fsp3) is 0.750. The lowest BCUT2D eigenvalue weighted by atomic mass is 10.5. The van der Waals surface area contributed by atoms with Crippen LogP contribution in [0.5, 0.6) is 0 Å². The summed E-state index contributed by atoms with van der Waals surface area (Å²) < 4.78 is 15.0. The predicted octanol–water partition coefficient (Wildman–Crippen LogP) is -0.173. The van der Waals surface area contributed by atoms with Crippen molar-refractivity contribution in [2.75, 3.05) is 7.11 Å². The molecule has 2 unspecified atom stereocenters. The van der Waals surface area contributed by atoms with Crippen LogP contribution in [-0.4, -0.2) is 33.5 Å². The molecule has 0 amide bonds. The monoisotopic (exact) mass is 180 g/mol. The minimum absolute atomic E-state index is 0.667. The molecule has 0 bridgehead atoms. The van der Waals surface area contributed by atoms with Crippen LogP contribution < -0.4 is 0 Å². The summed E-state index contributed by atoms with van der Waals surface area (Å²) >= 11 is 0. The molecule has 0 rings (SSSR count). The van der Waals surface area contributed by atoms with Gasteiger partial charge in [-0.3, -0.25) is 0 Å². The van der Waals surface area contributed by atoms with E-state index in [4.69, 9.17) is 15.5 Å². The van der Waals surface area contributed by atoms with E-state index in [0.29, 0.717) is 0 Å². The lowest BCUT2D eigenvalue weighted by Gasteiger charge is -2.04. The van der Waals surface area contributed by atoms with Gasteiger partial charge in [-0.05, 0) is 6.92 Å². The summed E-state index contributed by atoms with van der Waals surface area (Å²) in [6.07, 6.45) is -1.31. The van der Waals surface area contributed by atoms with Crippen molar-refractivity contribution in [3.8, 4) is 0 Å². The van der Waals surface area contributed by atoms with Crippen LogP contribution in [0.25, 0.3) is 5.53 Å². The third-order valence-corrected chi connectivity index (χ3v) is 2.55. The summed E-state index contributed by atoms with van der Waals surface area (Å²) in [6.45, 7) is 1.19. The zero-order valence-electron chi connectivity index (χ0n) is 6.13. The van der Waals surface area contributed by atoms with Crippen LogP contribution in [0.2, 0.25) is 0 Å². The molecule has 0 saturated carbocycles. The highest BCUT2D eigenvalue weighted by atomic mass is 31.2. The molecule has 2 N–H and O–H groups in total. The average Bonchev–Trinajstić information content (AvgIpc) is 1.88. The second-order valence-corrected chi connectivity index (χ2v) is 3.70. The fourth-order valence-electron chi connectivity index (χ4n) is 0.470. The number of rotatable bonds is 3. The zero-order chi connectivity index (χ0) is 9.07. The summed E-state index contributed by atoms with van der Waals surface area (Å²) in [5.41, 5.74) is 7.51. The molecule has 64 valence electrons. The van der Waals surface area contributed by atoms with Gasteiger partial charge in [0.25, 0.3) is 0 Å². The van der Waals surface area contributed by atoms with E-state index in [1.165, 1.54) is 6.92 Å². The standard InChI is InChI=1S/C4H9N2O4P/c1-3(7)4(6-5)11(8,9)10-2/h3,7H,1-2H3,(H,8,9). The van der Waals surface area contributed by atoms with E-state index in [1.807, 2.05) is 0 Å². The molecule has 0 aliphatic carbocycles. The van der Waals surface area contributed by atoms with Gasteiger partial charge in [0.05, 0.1) is 0 Å². The van der Waals surface area contributed by atoms with E-state index in [0.717, 1.165) is 7.11 Å². The maximum absolute atomic E-state index is 10.8. The maximum atomic E-state index is 10.8. The minimum Gasteiger partial charge on any atom is -0.381 e. The summed E-state index contributed by atoms with van der Waals surface area (Å²) in [5, 5.41) is 8.78. The highest BCUT2D eigenvalue weighted by Gasteiger charge is 2.38. The molecule has 7 heteroatoms. The molecule has 11 heavy (non-hydrogen) atoms. The Balaban J connectivity index is 4.83. The van der Waals surface area contributed by atoms with Crippen molar-refractivity contribution < 1.29 is 23.9 Å². The Morgan fingerprint density at radius 1 is 1.82 bits per heavy atom. The first-order valence-electron chi connectivity index (χ1n) is 2.74. The first kappa shape index (κ1) is 10.5. The molecule has 6 nitrogen and oxygen atoms in total. The normalized spacial score (nSPS) is 18.2. The number of nitrogens with zero attached hydrogens (tertiary/aromatic N) is 2. The molecular weight excluding hydrogens is 171 g/mol. The molecule has 0 saturated heterocycles. The van der Waals surface area contributed by atoms with Crippen molar-refractivity contribution in [2.45, 2.75) is 13.0 Å². The lowest BCUT2D eigenvalue weighted by Crippen LogP contribution is -2.18. The van der Waals surface area contributed by atoms with E-state index in [1.54, 1.807) is 0 Å². The minimum atomic E-state index is -4.09. The predicted molar refractivity (Wildman–Crippen MR) is 37.1 cm³/mol. The molecule has 0 aromatic rings. The van der Waals surface area contributed by atoms with Gasteiger partial charge in [-0.25, -0.2) is 4.57 Å². The van der Waals surface area contributed by atoms with Crippen molar-refractivity contribution in [2.24, 2.45) is 0 Å². The van der Waals surface area contributed by atoms with E-state index in [-0.39, 0.29) is 0 Å². The number of aliphatic hydroxyl groups is 1. The van der Waals surface area contributed by atoms with E-state index >= 15 is 0 Å². The SMILES string of the molecule is COP(=O)(O)C(=[N+]=[N-])C(C)O. The van der Waals surface area contributed by atoms with Crippen molar-refractivity contribution in [1.82, 2.24) is 0 Å². The highest BCUT2D eigenvalue weighted by Crippen LogP contribution is 2.42. The third kappa shape index (κ3) is 2.54. The molecule has 0 aromatic carbocycles. The van der Waals surface area contributed by atoms with Gasteiger partial charge in [0.15, 0.2) is 6.10 Å². The zero-order valence-corrected chi connectivity index (χ0v) is 7.02. The van der Waals surface area contributed by atoms with Crippen molar-refractivity contribution in [3.05, 3.63) is 5.53 Å². The quantitative estimate of drug-likeness (QED) is 0.272. The van der Waals surface area contributed by atoms with Gasteiger partial charge >= 0.3 is 13.0 Å². The van der Waals surface area contributed by atoms with E-state index < -0.39 is 19.2 Å². The Morgan fingerprint density at radius 3 is 2.36 bits per heavy atom. The molecule has 0 fully saturated rings. The van der Waals surface area contributed by atoms with Gasteiger partial charge < -0.3 is 20.1 Å². The van der Waals surface area contributed by atoms with E-state index in [2.05, 4.69) is 9.31 Å². The first-order chi connectivity index (χ1) is 4.95. The molecule has 0 radical (unpaired) electrons. The van der Waals surface area contributed by atoms with Crippen molar-refractivity contribution in [3.63, 3.8) is 0 Å². The Kier molecular flexibility index (Phi) is 3.58. The second kappa shape index (κ2) is 3.76. The van der Waals surface area contributed by atoms with Crippen LogP contribution in [-0.2, 0) is 9.09 Å². The van der Waals surface area contributed by atoms with Crippen molar-refractivity contribution in [1.29, 1.82) is 0 Å². The van der Waals surface area contributed by atoms with Crippen LogP contribution in [0.15, 0.2) is 0 Å². The third-order valence-electron chi connectivity index (χ3n) is 1.01. The maximum Gasteiger partial charge on any atom is 0.437 e. The van der Waals surface area contributed by atoms with Gasteiger partial charge in [-0.2, -0.15) is 4.79 Å². The largest absolute Gasteiger partial charge is 0.437 e. The Bertz CT molecular complexity index is 232. The van der Waals surface area contributed by atoms with Gasteiger partial charge in [0.2, 0.25) is 0 Å². The van der Waals surface area contributed by atoms with Gasteiger partial charge in [-0.1, -0.05) is 0 Å². The molecule has 0 aliphatic heterocycles. The van der Waals surface area contributed by atoms with Crippen LogP contribution in [0, 0.1) is 0 Å². The molecule has 2 atom stereocenters. The Morgan fingerprint density at radius 2 is 2.27 bits per heavy atom. The second-order valence-electron chi connectivity index (χ2n) is 1.84. The van der Waals surface area contributed by atoms with Crippen molar-refractivity contribution >= 4 is 13.0 Å². The fourth-order valence-corrected chi connectivity index (χ4v) is 1.24. The van der Waals surface area contributed by atoms with Crippen LogP contribution >= 0.6 is 7.60 Å². The van der Waals surface area contributed by atoms with Gasteiger partial charge in [0, 0.05) is 7.11 Å². The summed E-state index contributed by atoms with van der Waals surface area (Å²) in [4.78, 5) is 11.3. The average molecular weight is 180 g/mol. The lowest BCUT2D eigenvalue weighted by molar-refractivity contribution is -0.0163. The topological polar surface area (TPSA) is 103 Å². The molecule has 0 spiro atoms. The Hall–Kier alpha value is -0.510. The number of hydrogen-bond donors (Lipinski definition) is 2. The summed E-state index contributed by atoms with van der Waals surface area (Å²) in [5.74, 6) is 0. The Labute approximate surface area is 63.6 Å². The van der Waals surface area contributed by atoms with Crippen LogP contribution in [0.4, 0.5) is 0 Å². The highest BCUT2D eigenvalue weighted by molar-refractivity contribution is 7.71. The molecule has 0 aliphatic rings. The smallest absolute Gasteiger partial charge is 0.381 e. The number of hydrogen-bond acceptors (Lipinski definition) is 3.